The van der Waals surface area contributed by atoms with Gasteiger partial charge in [-0.15, -0.1) is 15.0 Å². The Bertz CT molecular complexity index is 1090. The maximum atomic E-state index is 11.5. The predicted molar refractivity (Wildman–Crippen MR) is 118 cm³/mol. The van der Waals surface area contributed by atoms with Gasteiger partial charge in [0.1, 0.15) is 22.5 Å². The van der Waals surface area contributed by atoms with Gasteiger partial charge in [-0.3, -0.25) is 0 Å². The molecule has 3 rings (SSSR count). The SMILES string of the molecule is C=C(C)C(=O)OCCCc1cc(CC(C)C)c(O)c(-n2nc3ccc(Cl)cc3n2)c1. The van der Waals surface area contributed by atoms with E-state index in [1.165, 1.54) is 4.80 Å². The largest absolute Gasteiger partial charge is 0.505 e. The average Bonchev–Trinajstić information content (AvgIpc) is 3.09. The average molecular weight is 428 g/mol. The molecule has 30 heavy (non-hydrogen) atoms. The van der Waals surface area contributed by atoms with E-state index in [9.17, 15) is 9.90 Å². The molecule has 7 heteroatoms. The highest BCUT2D eigenvalue weighted by Crippen LogP contribution is 2.30. The van der Waals surface area contributed by atoms with Gasteiger partial charge in [0.25, 0.3) is 0 Å². The number of hydrogen-bond acceptors (Lipinski definition) is 5. The maximum absolute atomic E-state index is 11.5. The number of carbonyl (C=O) groups excluding carboxylic acids is 1. The third-order valence-electron chi connectivity index (χ3n) is 4.61. The molecule has 0 spiro atoms. The Balaban J connectivity index is 1.89. The number of nitrogens with zero attached hydrogens (tertiary/aromatic N) is 3. The lowest BCUT2D eigenvalue weighted by Crippen LogP contribution is -2.08. The zero-order valence-corrected chi connectivity index (χ0v) is 18.2. The summed E-state index contributed by atoms with van der Waals surface area (Å²) in [6.07, 6.45) is 2.08. The van der Waals surface area contributed by atoms with E-state index in [0.717, 1.165) is 17.5 Å². The van der Waals surface area contributed by atoms with Crippen LogP contribution in [0.3, 0.4) is 0 Å². The van der Waals surface area contributed by atoms with Crippen molar-refractivity contribution in [1.29, 1.82) is 0 Å². The molecule has 0 fully saturated rings. The summed E-state index contributed by atoms with van der Waals surface area (Å²) in [4.78, 5) is 13.0. The van der Waals surface area contributed by atoms with Gasteiger partial charge in [0.15, 0.2) is 0 Å². The fourth-order valence-electron chi connectivity index (χ4n) is 3.19. The quantitative estimate of drug-likeness (QED) is 0.310. The smallest absolute Gasteiger partial charge is 0.333 e. The van der Waals surface area contributed by atoms with Crippen molar-refractivity contribution in [2.24, 2.45) is 5.92 Å². The van der Waals surface area contributed by atoms with Crippen molar-refractivity contribution >= 4 is 28.6 Å². The molecule has 0 atom stereocenters. The fourth-order valence-corrected chi connectivity index (χ4v) is 3.36. The fraction of sp³-hybridized carbons (Fsp3) is 0.348. The number of aromatic hydroxyl groups is 1. The molecule has 3 aromatic rings. The van der Waals surface area contributed by atoms with Crippen molar-refractivity contribution in [1.82, 2.24) is 15.0 Å². The summed E-state index contributed by atoms with van der Waals surface area (Å²) in [5.74, 6) is 0.166. The van der Waals surface area contributed by atoms with Gasteiger partial charge in [-0.25, -0.2) is 4.79 Å². The Morgan fingerprint density at radius 1 is 1.23 bits per heavy atom. The van der Waals surface area contributed by atoms with Crippen LogP contribution >= 0.6 is 11.6 Å². The Labute approximate surface area is 181 Å². The summed E-state index contributed by atoms with van der Waals surface area (Å²) in [5, 5.41) is 20.5. The van der Waals surface area contributed by atoms with Gasteiger partial charge in [0.05, 0.1) is 6.61 Å². The van der Waals surface area contributed by atoms with Crippen LogP contribution < -0.4 is 0 Å². The van der Waals surface area contributed by atoms with Crippen molar-refractivity contribution < 1.29 is 14.6 Å². The van der Waals surface area contributed by atoms with E-state index in [2.05, 4.69) is 30.6 Å². The summed E-state index contributed by atoms with van der Waals surface area (Å²) in [6.45, 7) is 9.72. The number of carbonyl (C=O) groups is 1. The lowest BCUT2D eigenvalue weighted by molar-refractivity contribution is -0.139. The molecule has 0 aliphatic rings. The molecule has 1 heterocycles. The number of halogens is 1. The summed E-state index contributed by atoms with van der Waals surface area (Å²) >= 11 is 6.06. The molecular weight excluding hydrogens is 402 g/mol. The van der Waals surface area contributed by atoms with Crippen LogP contribution in [-0.2, 0) is 22.4 Å². The molecule has 1 N–H and O–H groups in total. The van der Waals surface area contributed by atoms with Gasteiger partial charge in [-0.2, -0.15) is 0 Å². The van der Waals surface area contributed by atoms with Crippen molar-refractivity contribution in [3.8, 4) is 11.4 Å². The Morgan fingerprint density at radius 2 is 1.97 bits per heavy atom. The molecule has 0 unspecified atom stereocenters. The number of ether oxygens (including phenoxy) is 1. The van der Waals surface area contributed by atoms with Crippen LogP contribution in [0.5, 0.6) is 5.75 Å². The van der Waals surface area contributed by atoms with Gasteiger partial charge < -0.3 is 9.84 Å². The number of rotatable bonds is 8. The zero-order chi connectivity index (χ0) is 21.8. The third kappa shape index (κ3) is 5.19. The second-order valence-corrected chi connectivity index (χ2v) is 8.30. The number of fused-ring (bicyclic) bond motifs is 1. The minimum Gasteiger partial charge on any atom is -0.505 e. The van der Waals surface area contributed by atoms with Crippen LogP contribution in [0, 0.1) is 5.92 Å². The van der Waals surface area contributed by atoms with Gasteiger partial charge >= 0.3 is 5.97 Å². The second kappa shape index (κ2) is 9.30. The number of aryl methyl sites for hydroxylation is 1. The molecule has 1 aromatic heterocycles. The highest BCUT2D eigenvalue weighted by atomic mass is 35.5. The number of phenolic OH excluding ortho intramolecular Hbond substituents is 1. The van der Waals surface area contributed by atoms with Gasteiger partial charge in [0.2, 0.25) is 0 Å². The van der Waals surface area contributed by atoms with E-state index in [0.29, 0.717) is 52.7 Å². The Kier molecular flexibility index (Phi) is 6.77. The maximum Gasteiger partial charge on any atom is 0.333 e. The van der Waals surface area contributed by atoms with Crippen molar-refractivity contribution in [3.63, 3.8) is 0 Å². The van der Waals surface area contributed by atoms with E-state index in [1.54, 1.807) is 25.1 Å². The molecular formula is C23H26ClN3O3. The number of aromatic nitrogens is 3. The zero-order valence-electron chi connectivity index (χ0n) is 17.5. The first-order valence-electron chi connectivity index (χ1n) is 9.95. The van der Waals surface area contributed by atoms with Gasteiger partial charge in [-0.1, -0.05) is 38.1 Å². The molecule has 0 aliphatic heterocycles. The first kappa shape index (κ1) is 21.8. The standard InChI is InChI=1S/C23H26ClN3O3/c1-14(2)10-17-11-16(6-5-9-30-23(29)15(3)4)12-21(22(17)28)27-25-19-8-7-18(24)13-20(19)26-27/h7-8,11-14,28H,3,5-6,9-10H2,1-2,4H3. The highest BCUT2D eigenvalue weighted by Gasteiger charge is 2.16. The first-order chi connectivity index (χ1) is 14.2. The Hall–Kier alpha value is -2.86. The van der Waals surface area contributed by atoms with Crippen molar-refractivity contribution in [2.75, 3.05) is 6.61 Å². The summed E-state index contributed by atoms with van der Waals surface area (Å²) in [5.41, 5.74) is 4.12. The van der Waals surface area contributed by atoms with Crippen LogP contribution in [-0.4, -0.2) is 32.7 Å². The highest BCUT2D eigenvalue weighted by molar-refractivity contribution is 6.31. The Morgan fingerprint density at radius 3 is 2.67 bits per heavy atom. The topological polar surface area (TPSA) is 77.2 Å². The predicted octanol–water partition coefficient (Wildman–Crippen LogP) is 5.03. The van der Waals surface area contributed by atoms with Crippen LogP contribution in [0.4, 0.5) is 0 Å². The van der Waals surface area contributed by atoms with E-state index >= 15 is 0 Å². The van der Waals surface area contributed by atoms with Gasteiger partial charge in [-0.05, 0) is 67.5 Å². The lowest BCUT2D eigenvalue weighted by atomic mass is 9.97. The number of esters is 1. The molecule has 0 radical (unpaired) electrons. The minimum atomic E-state index is -0.381. The first-order valence-corrected chi connectivity index (χ1v) is 10.3. The number of phenols is 1. The molecule has 0 bridgehead atoms. The van der Waals surface area contributed by atoms with Crippen molar-refractivity contribution in [3.05, 3.63) is 58.6 Å². The number of benzene rings is 2. The summed E-state index contributed by atoms with van der Waals surface area (Å²) < 4.78 is 5.18. The molecule has 0 aliphatic carbocycles. The van der Waals surface area contributed by atoms with Gasteiger partial charge in [0, 0.05) is 10.6 Å². The van der Waals surface area contributed by atoms with Crippen LogP contribution in [0.25, 0.3) is 16.7 Å². The van der Waals surface area contributed by atoms with E-state index in [-0.39, 0.29) is 11.7 Å². The number of hydrogen-bond donors (Lipinski definition) is 1. The second-order valence-electron chi connectivity index (χ2n) is 7.86. The molecule has 0 saturated carbocycles. The third-order valence-corrected chi connectivity index (χ3v) is 4.84. The van der Waals surface area contributed by atoms with E-state index in [4.69, 9.17) is 16.3 Å². The normalized spacial score (nSPS) is 11.2. The molecule has 0 amide bonds. The molecule has 158 valence electrons. The minimum absolute atomic E-state index is 0.174. The van der Waals surface area contributed by atoms with Crippen LogP contribution in [0.2, 0.25) is 5.02 Å². The summed E-state index contributed by atoms with van der Waals surface area (Å²) in [7, 11) is 0. The molecule has 2 aromatic carbocycles. The van der Waals surface area contributed by atoms with Crippen LogP contribution in [0.1, 0.15) is 38.3 Å². The lowest BCUT2D eigenvalue weighted by Gasteiger charge is -2.14. The van der Waals surface area contributed by atoms with E-state index in [1.807, 2.05) is 12.1 Å². The molecule has 6 nitrogen and oxygen atoms in total. The summed E-state index contributed by atoms with van der Waals surface area (Å²) in [6, 6.07) is 9.18. The monoisotopic (exact) mass is 427 g/mol. The molecule has 0 saturated heterocycles. The van der Waals surface area contributed by atoms with Crippen molar-refractivity contribution in [2.45, 2.75) is 40.0 Å². The van der Waals surface area contributed by atoms with Crippen LogP contribution in [0.15, 0.2) is 42.5 Å². The van der Waals surface area contributed by atoms with E-state index < -0.39 is 0 Å².